The second-order valence-corrected chi connectivity index (χ2v) is 7.92. The van der Waals surface area contributed by atoms with Gasteiger partial charge in [0.05, 0.1) is 11.2 Å². The van der Waals surface area contributed by atoms with Crippen LogP contribution in [0.4, 0.5) is 5.95 Å². The predicted molar refractivity (Wildman–Crippen MR) is 120 cm³/mol. The van der Waals surface area contributed by atoms with Crippen molar-refractivity contribution < 1.29 is 4.79 Å². The molecule has 1 aromatic heterocycles. The molecule has 1 aliphatic heterocycles. The zero-order chi connectivity index (χ0) is 20.8. The molecule has 6 heteroatoms. The first kappa shape index (κ1) is 20.4. The highest BCUT2D eigenvalue weighted by molar-refractivity contribution is 6.33. The van der Waals surface area contributed by atoms with E-state index in [4.69, 9.17) is 11.6 Å². The quantitative estimate of drug-likeness (QED) is 0.559. The molecular formula is C24H25ClN4O. The van der Waals surface area contributed by atoms with Gasteiger partial charge in [-0.15, -0.1) is 0 Å². The van der Waals surface area contributed by atoms with Crippen molar-refractivity contribution in [3.63, 3.8) is 0 Å². The predicted octanol–water partition coefficient (Wildman–Crippen LogP) is 4.62. The van der Waals surface area contributed by atoms with Crippen LogP contribution in [0, 0.1) is 0 Å². The van der Waals surface area contributed by atoms with Gasteiger partial charge in [0.1, 0.15) is 0 Å². The van der Waals surface area contributed by atoms with Crippen molar-refractivity contribution in [2.75, 3.05) is 24.5 Å². The molecule has 3 aromatic rings. The highest BCUT2D eigenvalue weighted by Crippen LogP contribution is 2.22. The lowest BCUT2D eigenvalue weighted by atomic mass is 10.1. The van der Waals surface area contributed by atoms with E-state index in [1.165, 1.54) is 5.56 Å². The summed E-state index contributed by atoms with van der Waals surface area (Å²) in [6, 6.07) is 20.2. The van der Waals surface area contributed by atoms with E-state index in [0.717, 1.165) is 37.9 Å². The summed E-state index contributed by atoms with van der Waals surface area (Å²) in [4.78, 5) is 26.3. The van der Waals surface area contributed by atoms with Crippen molar-refractivity contribution in [3.8, 4) is 0 Å². The van der Waals surface area contributed by atoms with Crippen LogP contribution in [-0.4, -0.2) is 40.4 Å². The molecule has 0 aliphatic carbocycles. The highest BCUT2D eigenvalue weighted by atomic mass is 35.5. The van der Waals surface area contributed by atoms with Gasteiger partial charge in [-0.3, -0.25) is 4.79 Å². The van der Waals surface area contributed by atoms with Gasteiger partial charge in [0.15, 0.2) is 5.69 Å². The van der Waals surface area contributed by atoms with Crippen LogP contribution < -0.4 is 4.90 Å². The van der Waals surface area contributed by atoms with E-state index < -0.39 is 0 Å². The molecule has 0 spiro atoms. The number of rotatable bonds is 7. The number of hydrogen-bond acceptors (Lipinski definition) is 4. The molecule has 0 N–H and O–H groups in total. The fraction of sp³-hybridized carbons (Fsp3) is 0.292. The Morgan fingerprint density at radius 2 is 1.60 bits per heavy atom. The van der Waals surface area contributed by atoms with Gasteiger partial charge in [0.2, 0.25) is 5.95 Å². The number of nitrogens with zero attached hydrogens (tertiary/aromatic N) is 4. The Labute approximate surface area is 182 Å². The van der Waals surface area contributed by atoms with Gasteiger partial charge < -0.3 is 9.80 Å². The Kier molecular flexibility index (Phi) is 6.60. The minimum Gasteiger partial charge on any atom is -0.341 e. The van der Waals surface area contributed by atoms with Gasteiger partial charge in [-0.2, -0.15) is 0 Å². The van der Waals surface area contributed by atoms with E-state index in [-0.39, 0.29) is 11.6 Å². The Bertz CT molecular complexity index is 975. The Morgan fingerprint density at radius 1 is 0.967 bits per heavy atom. The molecule has 1 aliphatic rings. The van der Waals surface area contributed by atoms with Crippen LogP contribution in [0.15, 0.2) is 66.9 Å². The SMILES string of the molecule is O=C(c1nc(N2CCCC2)ncc1Cl)N(CCc1ccccc1)Cc1ccccc1. The summed E-state index contributed by atoms with van der Waals surface area (Å²) in [6.45, 7) is 2.91. The molecule has 0 atom stereocenters. The van der Waals surface area contributed by atoms with Crippen LogP contribution in [0.25, 0.3) is 0 Å². The van der Waals surface area contributed by atoms with E-state index in [9.17, 15) is 4.79 Å². The third-order valence-corrected chi connectivity index (χ3v) is 5.62. The number of amides is 1. The fourth-order valence-corrected chi connectivity index (χ4v) is 3.86. The zero-order valence-corrected chi connectivity index (χ0v) is 17.6. The molecule has 30 heavy (non-hydrogen) atoms. The maximum atomic E-state index is 13.5. The van der Waals surface area contributed by atoms with Crippen LogP contribution in [0.3, 0.4) is 0 Å². The van der Waals surface area contributed by atoms with Crippen molar-refractivity contribution >= 4 is 23.5 Å². The van der Waals surface area contributed by atoms with Gasteiger partial charge in [-0.25, -0.2) is 9.97 Å². The second kappa shape index (κ2) is 9.72. The molecule has 2 heterocycles. The van der Waals surface area contributed by atoms with Gasteiger partial charge in [0, 0.05) is 26.2 Å². The molecule has 154 valence electrons. The maximum absolute atomic E-state index is 13.5. The van der Waals surface area contributed by atoms with Gasteiger partial charge in [-0.1, -0.05) is 72.3 Å². The smallest absolute Gasteiger partial charge is 0.274 e. The molecule has 0 unspecified atom stereocenters. The average molecular weight is 421 g/mol. The van der Waals surface area contributed by atoms with Crippen LogP contribution in [0.5, 0.6) is 0 Å². The Hall–Kier alpha value is -2.92. The molecule has 1 amide bonds. The molecule has 4 rings (SSSR count). The lowest BCUT2D eigenvalue weighted by Crippen LogP contribution is -2.34. The maximum Gasteiger partial charge on any atom is 0.274 e. The monoisotopic (exact) mass is 420 g/mol. The van der Waals surface area contributed by atoms with E-state index in [1.54, 1.807) is 6.20 Å². The first-order chi connectivity index (χ1) is 14.7. The Balaban J connectivity index is 1.58. The molecule has 0 radical (unpaired) electrons. The number of hydrogen-bond donors (Lipinski definition) is 0. The van der Waals surface area contributed by atoms with E-state index in [2.05, 4.69) is 27.0 Å². The van der Waals surface area contributed by atoms with Crippen molar-refractivity contribution in [2.24, 2.45) is 0 Å². The molecule has 1 fully saturated rings. The van der Waals surface area contributed by atoms with Crippen molar-refractivity contribution in [2.45, 2.75) is 25.8 Å². The van der Waals surface area contributed by atoms with Gasteiger partial charge in [-0.05, 0) is 30.4 Å². The van der Waals surface area contributed by atoms with Crippen LogP contribution >= 0.6 is 11.6 Å². The summed E-state index contributed by atoms with van der Waals surface area (Å²) in [5.41, 5.74) is 2.54. The minimum atomic E-state index is -0.164. The van der Waals surface area contributed by atoms with Gasteiger partial charge >= 0.3 is 0 Å². The normalized spacial score (nSPS) is 13.4. The standard InChI is InChI=1S/C24H25ClN4O/c25-21-17-26-24(28-14-7-8-15-28)27-22(21)23(30)29(18-20-11-5-2-6-12-20)16-13-19-9-3-1-4-10-19/h1-6,9-12,17H,7-8,13-16,18H2. The van der Waals surface area contributed by atoms with E-state index in [0.29, 0.717) is 24.1 Å². The number of aromatic nitrogens is 2. The number of benzene rings is 2. The molecule has 1 saturated heterocycles. The summed E-state index contributed by atoms with van der Waals surface area (Å²) in [5, 5.41) is 0.292. The largest absolute Gasteiger partial charge is 0.341 e. The molecule has 5 nitrogen and oxygen atoms in total. The summed E-state index contributed by atoms with van der Waals surface area (Å²) < 4.78 is 0. The average Bonchev–Trinajstić information content (AvgIpc) is 3.33. The van der Waals surface area contributed by atoms with Crippen LogP contribution in [-0.2, 0) is 13.0 Å². The van der Waals surface area contributed by atoms with Crippen molar-refractivity contribution in [1.82, 2.24) is 14.9 Å². The number of carbonyl (C=O) groups is 1. The number of halogens is 1. The summed E-state index contributed by atoms with van der Waals surface area (Å²) in [6.07, 6.45) is 4.55. The molecular weight excluding hydrogens is 396 g/mol. The molecule has 2 aromatic carbocycles. The summed E-state index contributed by atoms with van der Waals surface area (Å²) in [5.74, 6) is 0.422. The third kappa shape index (κ3) is 4.97. The second-order valence-electron chi connectivity index (χ2n) is 7.51. The zero-order valence-electron chi connectivity index (χ0n) is 16.9. The summed E-state index contributed by atoms with van der Waals surface area (Å²) >= 11 is 6.37. The first-order valence-electron chi connectivity index (χ1n) is 10.4. The Morgan fingerprint density at radius 3 is 2.27 bits per heavy atom. The third-order valence-electron chi connectivity index (χ3n) is 5.34. The first-order valence-corrected chi connectivity index (χ1v) is 10.7. The highest BCUT2D eigenvalue weighted by Gasteiger charge is 2.23. The lowest BCUT2D eigenvalue weighted by molar-refractivity contribution is 0.0739. The molecule has 0 saturated carbocycles. The van der Waals surface area contributed by atoms with Crippen LogP contribution in [0.1, 0.15) is 34.5 Å². The number of carbonyl (C=O) groups excluding carboxylic acids is 1. The van der Waals surface area contributed by atoms with Crippen molar-refractivity contribution in [1.29, 1.82) is 0 Å². The van der Waals surface area contributed by atoms with Gasteiger partial charge in [0.25, 0.3) is 5.91 Å². The topological polar surface area (TPSA) is 49.3 Å². The van der Waals surface area contributed by atoms with E-state index in [1.807, 2.05) is 53.4 Å². The van der Waals surface area contributed by atoms with Crippen LogP contribution in [0.2, 0.25) is 5.02 Å². The minimum absolute atomic E-state index is 0.164. The van der Waals surface area contributed by atoms with Crippen molar-refractivity contribution in [3.05, 3.63) is 88.7 Å². The van der Waals surface area contributed by atoms with E-state index >= 15 is 0 Å². The summed E-state index contributed by atoms with van der Waals surface area (Å²) in [7, 11) is 0. The fourth-order valence-electron chi connectivity index (χ4n) is 3.69. The number of anilines is 1. The lowest BCUT2D eigenvalue weighted by Gasteiger charge is -2.24. The molecule has 0 bridgehead atoms.